The van der Waals surface area contributed by atoms with Gasteiger partial charge < -0.3 is 14.8 Å². The van der Waals surface area contributed by atoms with Crippen molar-refractivity contribution in [1.82, 2.24) is 5.32 Å². The highest BCUT2D eigenvalue weighted by atomic mass is 32.2. The summed E-state index contributed by atoms with van der Waals surface area (Å²) in [6.07, 6.45) is 1.06. The van der Waals surface area contributed by atoms with E-state index in [4.69, 9.17) is 9.47 Å². The van der Waals surface area contributed by atoms with Crippen LogP contribution in [-0.2, 0) is 14.8 Å². The summed E-state index contributed by atoms with van der Waals surface area (Å²) in [7, 11) is -3.75. The van der Waals surface area contributed by atoms with Gasteiger partial charge in [-0.2, -0.15) is 0 Å². The number of hydrogen-bond acceptors (Lipinski definition) is 5. The lowest BCUT2D eigenvalue weighted by Gasteiger charge is -2.24. The third-order valence-electron chi connectivity index (χ3n) is 5.03. The van der Waals surface area contributed by atoms with Crippen molar-refractivity contribution in [3.8, 4) is 17.2 Å². The topological polar surface area (TPSA) is 84.9 Å². The van der Waals surface area contributed by atoms with Crippen LogP contribution in [0, 0.1) is 13.8 Å². The Bertz CT molecular complexity index is 1200. The molecule has 0 aliphatic carbocycles. The summed E-state index contributed by atoms with van der Waals surface area (Å²) in [5.41, 5.74) is 2.45. The van der Waals surface area contributed by atoms with Crippen LogP contribution in [-0.4, -0.2) is 40.3 Å². The molecule has 8 heteroatoms. The van der Waals surface area contributed by atoms with Gasteiger partial charge in [0.15, 0.2) is 5.75 Å². The molecule has 0 unspecified atom stereocenters. The van der Waals surface area contributed by atoms with Crippen LogP contribution < -0.4 is 19.1 Å². The maximum atomic E-state index is 12.6. The van der Waals surface area contributed by atoms with Crippen LogP contribution in [0.4, 0.5) is 5.69 Å². The molecule has 0 heterocycles. The number of aryl methyl sites for hydroxylation is 1. The molecule has 1 N–H and O–H groups in total. The summed E-state index contributed by atoms with van der Waals surface area (Å²) in [6, 6.07) is 21.5. The fourth-order valence-corrected chi connectivity index (χ4v) is 4.02. The Labute approximate surface area is 195 Å². The average Bonchev–Trinajstić information content (AvgIpc) is 2.78. The molecule has 0 aromatic heterocycles. The third-order valence-corrected chi connectivity index (χ3v) is 6.16. The maximum Gasteiger partial charge on any atom is 0.240 e. The molecule has 1 amide bonds. The summed E-state index contributed by atoms with van der Waals surface area (Å²) in [5, 5.41) is 2.72. The first kappa shape index (κ1) is 24.1. The van der Waals surface area contributed by atoms with Crippen LogP contribution in [0.15, 0.2) is 72.8 Å². The van der Waals surface area contributed by atoms with Gasteiger partial charge in [-0.05, 0) is 55.3 Å². The van der Waals surface area contributed by atoms with Gasteiger partial charge in [0.25, 0.3) is 0 Å². The van der Waals surface area contributed by atoms with Crippen LogP contribution in [0.25, 0.3) is 0 Å². The van der Waals surface area contributed by atoms with Gasteiger partial charge in [-0.1, -0.05) is 42.5 Å². The molecule has 3 rings (SSSR count). The molecule has 3 aromatic carbocycles. The van der Waals surface area contributed by atoms with E-state index >= 15 is 0 Å². The van der Waals surface area contributed by atoms with Crippen molar-refractivity contribution in [2.24, 2.45) is 0 Å². The molecule has 33 heavy (non-hydrogen) atoms. The zero-order valence-corrected chi connectivity index (χ0v) is 19.8. The molecule has 0 aliphatic heterocycles. The number of carbonyl (C=O) groups is 1. The highest BCUT2D eigenvalue weighted by molar-refractivity contribution is 7.92. The minimum Gasteiger partial charge on any atom is -0.491 e. The number of ether oxygens (including phenoxy) is 2. The number of para-hydroxylation sites is 3. The first-order valence-electron chi connectivity index (χ1n) is 10.5. The van der Waals surface area contributed by atoms with Gasteiger partial charge in [-0.15, -0.1) is 0 Å². The molecule has 174 valence electrons. The molecule has 0 fully saturated rings. The number of hydrogen-bond donors (Lipinski definition) is 1. The molecule has 0 radical (unpaired) electrons. The van der Waals surface area contributed by atoms with Gasteiger partial charge in [-0.25, -0.2) is 8.42 Å². The first-order chi connectivity index (χ1) is 15.8. The third kappa shape index (κ3) is 6.73. The van der Waals surface area contributed by atoms with Crippen LogP contribution in [0.1, 0.15) is 11.1 Å². The van der Waals surface area contributed by atoms with E-state index in [0.717, 1.165) is 27.4 Å². The van der Waals surface area contributed by atoms with Gasteiger partial charge >= 0.3 is 0 Å². The lowest BCUT2D eigenvalue weighted by atomic mass is 10.1. The SMILES string of the molecule is Cc1cccc(OCCNC(=O)CN(c2ccccc2Oc2ccccc2)S(C)(=O)=O)c1C. The lowest BCUT2D eigenvalue weighted by molar-refractivity contribution is -0.119. The summed E-state index contributed by atoms with van der Waals surface area (Å²) in [6.45, 7) is 4.11. The number of sulfonamides is 1. The van der Waals surface area contributed by atoms with Gasteiger partial charge in [0.2, 0.25) is 15.9 Å². The lowest BCUT2D eigenvalue weighted by Crippen LogP contribution is -2.41. The van der Waals surface area contributed by atoms with E-state index < -0.39 is 15.9 Å². The fourth-order valence-electron chi connectivity index (χ4n) is 3.16. The minimum absolute atomic E-state index is 0.242. The van der Waals surface area contributed by atoms with E-state index in [-0.39, 0.29) is 25.4 Å². The van der Waals surface area contributed by atoms with Crippen LogP contribution >= 0.6 is 0 Å². The summed E-state index contributed by atoms with van der Waals surface area (Å²) in [5.74, 6) is 1.21. The summed E-state index contributed by atoms with van der Waals surface area (Å²) >= 11 is 0. The number of anilines is 1. The largest absolute Gasteiger partial charge is 0.491 e. The number of nitrogens with zero attached hydrogens (tertiary/aromatic N) is 1. The Kier molecular flexibility index (Phi) is 7.95. The number of rotatable bonds is 10. The molecular formula is C25H28N2O5S. The van der Waals surface area contributed by atoms with Crippen molar-refractivity contribution in [3.63, 3.8) is 0 Å². The Morgan fingerprint density at radius 1 is 0.909 bits per heavy atom. The normalized spacial score (nSPS) is 11.0. The zero-order valence-electron chi connectivity index (χ0n) is 18.9. The number of carbonyl (C=O) groups excluding carboxylic acids is 1. The standard InChI is InChI=1S/C25H28N2O5S/c1-19-10-9-15-23(20(19)2)31-17-16-26-25(28)18-27(33(3,29)30)22-13-7-8-14-24(22)32-21-11-5-4-6-12-21/h4-15H,16-18H2,1-3H3,(H,26,28). The molecule has 0 saturated carbocycles. The smallest absolute Gasteiger partial charge is 0.240 e. The second-order valence-corrected chi connectivity index (χ2v) is 9.46. The highest BCUT2D eigenvalue weighted by Crippen LogP contribution is 2.33. The zero-order chi connectivity index (χ0) is 23.8. The Morgan fingerprint density at radius 3 is 2.30 bits per heavy atom. The molecule has 7 nitrogen and oxygen atoms in total. The summed E-state index contributed by atoms with van der Waals surface area (Å²) in [4.78, 5) is 12.6. The minimum atomic E-state index is -3.75. The predicted octanol–water partition coefficient (Wildman–Crippen LogP) is 4.06. The van der Waals surface area contributed by atoms with Crippen LogP contribution in [0.2, 0.25) is 0 Å². The van der Waals surface area contributed by atoms with Gasteiger partial charge in [0.1, 0.15) is 24.7 Å². The number of nitrogens with one attached hydrogen (secondary N) is 1. The van der Waals surface area contributed by atoms with E-state index in [1.807, 2.05) is 50.2 Å². The van der Waals surface area contributed by atoms with Gasteiger partial charge in [0, 0.05) is 0 Å². The molecule has 0 saturated heterocycles. The Morgan fingerprint density at radius 2 is 1.58 bits per heavy atom. The van der Waals surface area contributed by atoms with Crippen molar-refractivity contribution in [2.45, 2.75) is 13.8 Å². The van der Waals surface area contributed by atoms with E-state index in [1.54, 1.807) is 36.4 Å². The van der Waals surface area contributed by atoms with Gasteiger partial charge in [-0.3, -0.25) is 9.10 Å². The number of benzene rings is 3. The Balaban J connectivity index is 1.66. The molecule has 3 aromatic rings. The van der Waals surface area contributed by atoms with Crippen LogP contribution in [0.3, 0.4) is 0 Å². The first-order valence-corrected chi connectivity index (χ1v) is 12.4. The van der Waals surface area contributed by atoms with E-state index in [1.165, 1.54) is 0 Å². The number of amides is 1. The highest BCUT2D eigenvalue weighted by Gasteiger charge is 2.24. The molecule has 0 atom stereocenters. The summed E-state index contributed by atoms with van der Waals surface area (Å²) < 4.78 is 37.7. The second-order valence-electron chi connectivity index (χ2n) is 7.55. The van der Waals surface area contributed by atoms with E-state index in [2.05, 4.69) is 5.32 Å². The van der Waals surface area contributed by atoms with Crippen molar-refractivity contribution in [2.75, 3.05) is 30.3 Å². The fraction of sp³-hybridized carbons (Fsp3) is 0.240. The van der Waals surface area contributed by atoms with Crippen molar-refractivity contribution in [3.05, 3.63) is 83.9 Å². The quantitative estimate of drug-likeness (QED) is 0.454. The maximum absolute atomic E-state index is 12.6. The Hall–Kier alpha value is -3.52. The van der Waals surface area contributed by atoms with E-state index in [9.17, 15) is 13.2 Å². The monoisotopic (exact) mass is 468 g/mol. The average molecular weight is 469 g/mol. The second kappa shape index (κ2) is 10.9. The molecular weight excluding hydrogens is 440 g/mol. The predicted molar refractivity (Wildman–Crippen MR) is 130 cm³/mol. The van der Waals surface area contributed by atoms with Crippen molar-refractivity contribution in [1.29, 1.82) is 0 Å². The van der Waals surface area contributed by atoms with Gasteiger partial charge in [0.05, 0.1) is 18.5 Å². The van der Waals surface area contributed by atoms with E-state index in [0.29, 0.717) is 11.5 Å². The molecule has 0 aliphatic rings. The van der Waals surface area contributed by atoms with Crippen LogP contribution in [0.5, 0.6) is 17.2 Å². The molecule has 0 spiro atoms. The van der Waals surface area contributed by atoms with Crippen molar-refractivity contribution >= 4 is 21.6 Å². The molecule has 0 bridgehead atoms. The van der Waals surface area contributed by atoms with Crippen molar-refractivity contribution < 1.29 is 22.7 Å².